The highest BCUT2D eigenvalue weighted by Gasteiger charge is 2.14. The smallest absolute Gasteiger partial charge is 0.261 e. The lowest BCUT2D eigenvalue weighted by atomic mass is 10.2. The van der Waals surface area contributed by atoms with Gasteiger partial charge in [0, 0.05) is 5.69 Å². The topological polar surface area (TPSA) is 82.9 Å². The van der Waals surface area contributed by atoms with Crippen LogP contribution in [0.3, 0.4) is 0 Å². The molecule has 6 heteroatoms. The fraction of sp³-hybridized carbons (Fsp3) is 0.0769. The van der Waals surface area contributed by atoms with Gasteiger partial charge < -0.3 is 0 Å². The molecule has 0 amide bonds. The molecule has 0 spiro atoms. The Kier molecular flexibility index (Phi) is 3.49. The minimum absolute atomic E-state index is 0.0483. The molecule has 0 aliphatic heterocycles. The van der Waals surface area contributed by atoms with E-state index < -0.39 is 10.0 Å². The van der Waals surface area contributed by atoms with E-state index in [2.05, 4.69) is 9.71 Å². The highest BCUT2D eigenvalue weighted by molar-refractivity contribution is 7.92. The first-order valence-corrected chi connectivity index (χ1v) is 6.95. The zero-order valence-corrected chi connectivity index (χ0v) is 11.0. The summed E-state index contributed by atoms with van der Waals surface area (Å²) in [6.07, 6.45) is 1.45. The van der Waals surface area contributed by atoms with Gasteiger partial charge in [-0.25, -0.2) is 8.42 Å². The second-order valence-electron chi connectivity index (χ2n) is 3.93. The van der Waals surface area contributed by atoms with Gasteiger partial charge in [0.15, 0.2) is 0 Å². The molecule has 0 atom stereocenters. The number of nitriles is 1. The Morgan fingerprint density at radius 2 is 2.05 bits per heavy atom. The number of aromatic nitrogens is 1. The Labute approximate surface area is 111 Å². The first-order valence-electron chi connectivity index (χ1n) is 5.47. The number of anilines is 1. The van der Waals surface area contributed by atoms with Crippen molar-refractivity contribution in [3.63, 3.8) is 0 Å². The van der Waals surface area contributed by atoms with Crippen LogP contribution in [0.15, 0.2) is 47.5 Å². The van der Waals surface area contributed by atoms with E-state index in [0.29, 0.717) is 11.3 Å². The molecule has 0 bridgehead atoms. The van der Waals surface area contributed by atoms with Crippen LogP contribution in [-0.4, -0.2) is 13.4 Å². The van der Waals surface area contributed by atoms with Crippen molar-refractivity contribution < 1.29 is 8.42 Å². The van der Waals surface area contributed by atoms with Crippen molar-refractivity contribution in [3.05, 3.63) is 53.9 Å². The lowest BCUT2D eigenvalue weighted by Gasteiger charge is -2.08. The predicted octanol–water partition coefficient (Wildman–Crippen LogP) is 2.06. The van der Waals surface area contributed by atoms with Crippen LogP contribution in [0.1, 0.15) is 11.3 Å². The van der Waals surface area contributed by atoms with E-state index in [1.165, 1.54) is 24.4 Å². The molecule has 1 aromatic heterocycles. The SMILES string of the molecule is Cc1ccc(NS(=O)(=O)c2cccc(C#N)c2)cn1. The van der Waals surface area contributed by atoms with Crippen LogP contribution in [0.4, 0.5) is 5.69 Å². The summed E-state index contributed by atoms with van der Waals surface area (Å²) in [6.45, 7) is 1.81. The third-order valence-corrected chi connectivity index (χ3v) is 3.82. The lowest BCUT2D eigenvalue weighted by molar-refractivity contribution is 0.601. The van der Waals surface area contributed by atoms with Gasteiger partial charge in [-0.1, -0.05) is 6.07 Å². The van der Waals surface area contributed by atoms with E-state index in [1.54, 1.807) is 18.2 Å². The zero-order chi connectivity index (χ0) is 13.9. The standard InChI is InChI=1S/C13H11N3O2S/c1-10-5-6-12(9-15-10)16-19(17,18)13-4-2-3-11(7-13)8-14/h2-7,9,16H,1H3. The van der Waals surface area contributed by atoms with Crippen LogP contribution in [0.5, 0.6) is 0 Å². The van der Waals surface area contributed by atoms with Crippen molar-refractivity contribution in [1.29, 1.82) is 5.26 Å². The third-order valence-electron chi connectivity index (χ3n) is 2.44. The van der Waals surface area contributed by atoms with E-state index >= 15 is 0 Å². The van der Waals surface area contributed by atoms with Gasteiger partial charge in [0.25, 0.3) is 10.0 Å². The molecule has 2 aromatic rings. The average Bonchev–Trinajstić information content (AvgIpc) is 2.41. The maximum Gasteiger partial charge on any atom is 0.261 e. The molecular formula is C13H11N3O2S. The van der Waals surface area contributed by atoms with Crippen LogP contribution in [0.2, 0.25) is 0 Å². The first kappa shape index (κ1) is 13.1. The predicted molar refractivity (Wildman–Crippen MR) is 70.9 cm³/mol. The molecule has 0 saturated carbocycles. The van der Waals surface area contributed by atoms with Crippen LogP contribution >= 0.6 is 0 Å². The number of hydrogen-bond acceptors (Lipinski definition) is 4. The van der Waals surface area contributed by atoms with Crippen molar-refractivity contribution in [2.75, 3.05) is 4.72 Å². The average molecular weight is 273 g/mol. The molecule has 5 nitrogen and oxygen atoms in total. The van der Waals surface area contributed by atoms with Gasteiger partial charge in [-0.05, 0) is 37.3 Å². The quantitative estimate of drug-likeness (QED) is 0.927. The molecule has 1 aromatic carbocycles. The van der Waals surface area contributed by atoms with Gasteiger partial charge in [-0.2, -0.15) is 5.26 Å². The number of rotatable bonds is 3. The second kappa shape index (κ2) is 5.08. The number of nitrogens with zero attached hydrogens (tertiary/aromatic N) is 2. The monoisotopic (exact) mass is 273 g/mol. The molecule has 1 heterocycles. The van der Waals surface area contributed by atoms with Crippen molar-refractivity contribution in [1.82, 2.24) is 4.98 Å². The van der Waals surface area contributed by atoms with Gasteiger partial charge in [-0.15, -0.1) is 0 Å². The molecule has 0 aliphatic carbocycles. The molecule has 0 aliphatic rings. The van der Waals surface area contributed by atoms with Gasteiger partial charge in [-0.3, -0.25) is 9.71 Å². The largest absolute Gasteiger partial charge is 0.278 e. The highest BCUT2D eigenvalue weighted by Crippen LogP contribution is 2.16. The minimum Gasteiger partial charge on any atom is -0.278 e. The summed E-state index contributed by atoms with van der Waals surface area (Å²) in [7, 11) is -3.70. The number of benzene rings is 1. The molecule has 2 rings (SSSR count). The Morgan fingerprint density at radius 3 is 2.68 bits per heavy atom. The van der Waals surface area contributed by atoms with Crippen LogP contribution in [-0.2, 0) is 10.0 Å². The molecule has 0 fully saturated rings. The summed E-state index contributed by atoms with van der Waals surface area (Å²) in [6, 6.07) is 11.1. The molecular weight excluding hydrogens is 262 g/mol. The van der Waals surface area contributed by atoms with E-state index in [0.717, 1.165) is 5.69 Å². The van der Waals surface area contributed by atoms with Gasteiger partial charge >= 0.3 is 0 Å². The van der Waals surface area contributed by atoms with Gasteiger partial charge in [0.05, 0.1) is 28.4 Å². The normalized spacial score (nSPS) is 10.7. The van der Waals surface area contributed by atoms with E-state index in [9.17, 15) is 8.42 Å². The fourth-order valence-corrected chi connectivity index (χ4v) is 2.56. The van der Waals surface area contributed by atoms with Crippen molar-refractivity contribution >= 4 is 15.7 Å². The van der Waals surface area contributed by atoms with Crippen LogP contribution in [0.25, 0.3) is 0 Å². The molecule has 0 saturated heterocycles. The molecule has 1 N–H and O–H groups in total. The maximum atomic E-state index is 12.1. The maximum absolute atomic E-state index is 12.1. The Bertz CT molecular complexity index is 731. The molecule has 0 radical (unpaired) electrons. The summed E-state index contributed by atoms with van der Waals surface area (Å²) in [5.74, 6) is 0. The molecule has 19 heavy (non-hydrogen) atoms. The number of hydrogen-bond donors (Lipinski definition) is 1. The zero-order valence-electron chi connectivity index (χ0n) is 10.2. The Morgan fingerprint density at radius 1 is 1.26 bits per heavy atom. The number of aryl methyl sites for hydroxylation is 1. The Balaban J connectivity index is 2.32. The van der Waals surface area contributed by atoms with Gasteiger partial charge in [0.1, 0.15) is 0 Å². The summed E-state index contributed by atoms with van der Waals surface area (Å²) < 4.78 is 26.6. The van der Waals surface area contributed by atoms with E-state index in [4.69, 9.17) is 5.26 Å². The summed E-state index contributed by atoms with van der Waals surface area (Å²) in [5.41, 5.74) is 1.48. The van der Waals surface area contributed by atoms with E-state index in [-0.39, 0.29) is 4.90 Å². The van der Waals surface area contributed by atoms with Crippen molar-refractivity contribution in [2.45, 2.75) is 11.8 Å². The Hall–Kier alpha value is -2.39. The van der Waals surface area contributed by atoms with Crippen LogP contribution in [0, 0.1) is 18.3 Å². The van der Waals surface area contributed by atoms with Crippen molar-refractivity contribution in [3.8, 4) is 6.07 Å². The van der Waals surface area contributed by atoms with E-state index in [1.807, 2.05) is 13.0 Å². The minimum atomic E-state index is -3.70. The second-order valence-corrected chi connectivity index (χ2v) is 5.62. The number of sulfonamides is 1. The number of pyridine rings is 1. The summed E-state index contributed by atoms with van der Waals surface area (Å²) in [5, 5.41) is 8.77. The highest BCUT2D eigenvalue weighted by atomic mass is 32.2. The summed E-state index contributed by atoms with van der Waals surface area (Å²) in [4.78, 5) is 4.06. The summed E-state index contributed by atoms with van der Waals surface area (Å²) >= 11 is 0. The fourth-order valence-electron chi connectivity index (χ4n) is 1.48. The molecule has 0 unspecified atom stereocenters. The third kappa shape index (κ3) is 3.09. The molecule has 96 valence electrons. The van der Waals surface area contributed by atoms with Crippen LogP contribution < -0.4 is 4.72 Å². The van der Waals surface area contributed by atoms with Gasteiger partial charge in [0.2, 0.25) is 0 Å². The first-order chi connectivity index (χ1) is 9.01. The van der Waals surface area contributed by atoms with Crippen molar-refractivity contribution in [2.24, 2.45) is 0 Å². The lowest BCUT2D eigenvalue weighted by Crippen LogP contribution is -2.13. The number of nitrogens with one attached hydrogen (secondary N) is 1.